The fourth-order valence-corrected chi connectivity index (χ4v) is 3.20. The first-order valence-electron chi connectivity index (χ1n) is 6.41. The summed E-state index contributed by atoms with van der Waals surface area (Å²) in [5.74, 6) is -0.0454. The predicted molar refractivity (Wildman–Crippen MR) is 80.5 cm³/mol. The van der Waals surface area contributed by atoms with Gasteiger partial charge in [-0.2, -0.15) is 11.8 Å². The summed E-state index contributed by atoms with van der Waals surface area (Å²) in [7, 11) is 0. The molecule has 0 saturated carbocycles. The number of nitrogens with zero attached hydrogens (tertiary/aromatic N) is 1. The van der Waals surface area contributed by atoms with Crippen molar-refractivity contribution in [2.75, 3.05) is 24.2 Å². The lowest BCUT2D eigenvalue weighted by atomic mass is 10.2. The first-order chi connectivity index (χ1) is 9.37. The van der Waals surface area contributed by atoms with Gasteiger partial charge in [0.15, 0.2) is 0 Å². The summed E-state index contributed by atoms with van der Waals surface area (Å²) < 4.78 is 0.0722. The number of thioether (sulfide) groups is 1. The second-order valence-electron chi connectivity index (χ2n) is 5.34. The quantitative estimate of drug-likeness (QED) is 0.880. The summed E-state index contributed by atoms with van der Waals surface area (Å²) in [4.78, 5) is 24.7. The minimum Gasteiger partial charge on any atom is -0.478 e. The van der Waals surface area contributed by atoms with E-state index >= 15 is 0 Å². The molecule has 0 aromatic heterocycles. The van der Waals surface area contributed by atoms with Crippen molar-refractivity contribution in [2.24, 2.45) is 0 Å². The van der Waals surface area contributed by atoms with E-state index in [1.54, 1.807) is 17.0 Å². The molecule has 20 heavy (non-hydrogen) atoms. The number of benzene rings is 1. The van der Waals surface area contributed by atoms with Crippen molar-refractivity contribution in [3.8, 4) is 0 Å². The molecule has 1 heterocycles. The van der Waals surface area contributed by atoms with Gasteiger partial charge in [0.05, 0.1) is 5.56 Å². The van der Waals surface area contributed by atoms with Gasteiger partial charge in [-0.05, 0) is 38.1 Å². The zero-order valence-electron chi connectivity index (χ0n) is 11.5. The molecule has 5 nitrogen and oxygen atoms in total. The minimum atomic E-state index is -0.974. The molecule has 0 atom stereocenters. The monoisotopic (exact) mass is 294 g/mol. The fourth-order valence-electron chi connectivity index (χ4n) is 2.09. The van der Waals surface area contributed by atoms with Gasteiger partial charge in [0.2, 0.25) is 0 Å². The first-order valence-corrected chi connectivity index (χ1v) is 7.39. The van der Waals surface area contributed by atoms with Gasteiger partial charge in [-0.25, -0.2) is 9.59 Å². The zero-order valence-corrected chi connectivity index (χ0v) is 12.4. The van der Waals surface area contributed by atoms with Crippen LogP contribution in [0, 0.1) is 0 Å². The molecule has 0 aliphatic carbocycles. The van der Waals surface area contributed by atoms with Crippen molar-refractivity contribution in [3.05, 3.63) is 29.8 Å². The summed E-state index contributed by atoms with van der Waals surface area (Å²) >= 11 is 1.87. The second-order valence-corrected chi connectivity index (χ2v) is 7.14. The van der Waals surface area contributed by atoms with Gasteiger partial charge < -0.3 is 15.3 Å². The Bertz CT molecular complexity index is 514. The molecule has 1 aliphatic heterocycles. The van der Waals surface area contributed by atoms with Crippen LogP contribution < -0.4 is 5.32 Å². The Morgan fingerprint density at radius 3 is 2.50 bits per heavy atom. The van der Waals surface area contributed by atoms with E-state index in [0.717, 1.165) is 12.3 Å². The Morgan fingerprint density at radius 2 is 1.95 bits per heavy atom. The molecule has 2 N–H and O–H groups in total. The third-order valence-electron chi connectivity index (χ3n) is 3.10. The van der Waals surface area contributed by atoms with E-state index < -0.39 is 5.97 Å². The predicted octanol–water partition coefficient (Wildman–Crippen LogP) is 2.74. The van der Waals surface area contributed by atoms with Crippen LogP contribution in [0.2, 0.25) is 0 Å². The van der Waals surface area contributed by atoms with Crippen LogP contribution in [-0.4, -0.2) is 45.6 Å². The van der Waals surface area contributed by atoms with Crippen LogP contribution in [0.3, 0.4) is 0 Å². The second kappa shape index (κ2) is 5.75. The Balaban J connectivity index is 1.99. The van der Waals surface area contributed by atoms with Crippen LogP contribution in [0.5, 0.6) is 0 Å². The molecule has 0 bridgehead atoms. The molecule has 0 unspecified atom stereocenters. The van der Waals surface area contributed by atoms with Crippen LogP contribution >= 0.6 is 11.8 Å². The van der Waals surface area contributed by atoms with Gasteiger partial charge in [-0.15, -0.1) is 0 Å². The molecule has 1 aromatic rings. The van der Waals surface area contributed by atoms with Gasteiger partial charge >= 0.3 is 12.0 Å². The Hall–Kier alpha value is -1.69. The van der Waals surface area contributed by atoms with Crippen molar-refractivity contribution in [1.82, 2.24) is 4.90 Å². The highest BCUT2D eigenvalue weighted by Crippen LogP contribution is 2.29. The smallest absolute Gasteiger partial charge is 0.335 e. The fraction of sp³-hybridized carbons (Fsp3) is 0.429. The molecular weight excluding hydrogens is 276 g/mol. The number of rotatable bonds is 2. The van der Waals surface area contributed by atoms with E-state index in [9.17, 15) is 9.59 Å². The number of hydrogen-bond donors (Lipinski definition) is 2. The average molecular weight is 294 g/mol. The highest BCUT2D eigenvalue weighted by molar-refractivity contribution is 8.00. The third kappa shape index (κ3) is 3.66. The molecule has 0 radical (unpaired) electrons. The van der Waals surface area contributed by atoms with Crippen LogP contribution in [0.1, 0.15) is 24.2 Å². The third-order valence-corrected chi connectivity index (χ3v) is 4.39. The molecule has 2 amide bonds. The molecule has 6 heteroatoms. The topological polar surface area (TPSA) is 69.6 Å². The number of aromatic carboxylic acids is 1. The van der Waals surface area contributed by atoms with Crippen molar-refractivity contribution in [2.45, 2.75) is 18.6 Å². The molecule has 1 saturated heterocycles. The summed E-state index contributed by atoms with van der Waals surface area (Å²) in [6, 6.07) is 6.03. The molecule has 2 rings (SSSR count). The number of carbonyl (C=O) groups is 2. The molecule has 1 fully saturated rings. The number of anilines is 1. The number of hydrogen-bond acceptors (Lipinski definition) is 3. The summed E-state index contributed by atoms with van der Waals surface area (Å²) in [5, 5.41) is 11.6. The maximum absolute atomic E-state index is 12.2. The lowest BCUT2D eigenvalue weighted by Gasteiger charge is -2.37. The van der Waals surface area contributed by atoms with Crippen molar-refractivity contribution in [3.63, 3.8) is 0 Å². The molecule has 1 aromatic carbocycles. The zero-order chi connectivity index (χ0) is 14.8. The number of urea groups is 1. The van der Waals surface area contributed by atoms with Gasteiger partial charge in [-0.1, -0.05) is 0 Å². The highest BCUT2D eigenvalue weighted by atomic mass is 32.2. The van der Waals surface area contributed by atoms with Gasteiger partial charge in [0.1, 0.15) is 0 Å². The SMILES string of the molecule is CC1(C)CN(C(=O)Nc2ccc(C(=O)O)cc2)CCS1. The maximum Gasteiger partial charge on any atom is 0.335 e. The summed E-state index contributed by atoms with van der Waals surface area (Å²) in [6.07, 6.45) is 0. The number of carboxylic acid groups (broad SMARTS) is 1. The number of carboxylic acids is 1. The van der Waals surface area contributed by atoms with E-state index in [1.165, 1.54) is 12.1 Å². The van der Waals surface area contributed by atoms with E-state index in [1.807, 2.05) is 11.8 Å². The first kappa shape index (κ1) is 14.7. The molecule has 1 aliphatic rings. The van der Waals surface area contributed by atoms with Crippen LogP contribution in [0.25, 0.3) is 0 Å². The summed E-state index contributed by atoms with van der Waals surface area (Å²) in [5.41, 5.74) is 0.814. The Morgan fingerprint density at radius 1 is 1.30 bits per heavy atom. The Kier molecular flexibility index (Phi) is 4.23. The standard InChI is InChI=1S/C14H18N2O3S/c1-14(2)9-16(7-8-20-14)13(19)15-11-5-3-10(4-6-11)12(17)18/h3-6H,7-9H2,1-2H3,(H,15,19)(H,17,18). The van der Waals surface area contributed by atoms with Gasteiger partial charge in [-0.3, -0.25) is 0 Å². The molecular formula is C14H18N2O3S. The van der Waals surface area contributed by atoms with Crippen LogP contribution in [0.4, 0.5) is 10.5 Å². The van der Waals surface area contributed by atoms with Crippen LogP contribution in [-0.2, 0) is 0 Å². The van der Waals surface area contributed by atoms with E-state index in [-0.39, 0.29) is 16.3 Å². The van der Waals surface area contributed by atoms with Crippen LogP contribution in [0.15, 0.2) is 24.3 Å². The number of nitrogens with one attached hydrogen (secondary N) is 1. The van der Waals surface area contributed by atoms with Gasteiger partial charge in [0.25, 0.3) is 0 Å². The number of amides is 2. The maximum atomic E-state index is 12.2. The number of carbonyl (C=O) groups excluding carboxylic acids is 1. The van der Waals surface area contributed by atoms with E-state index in [4.69, 9.17) is 5.11 Å². The highest BCUT2D eigenvalue weighted by Gasteiger charge is 2.29. The normalized spacial score (nSPS) is 17.6. The van der Waals surface area contributed by atoms with E-state index in [2.05, 4.69) is 19.2 Å². The largest absolute Gasteiger partial charge is 0.478 e. The lowest BCUT2D eigenvalue weighted by Crippen LogP contribution is -2.47. The minimum absolute atomic E-state index is 0.0722. The van der Waals surface area contributed by atoms with E-state index in [0.29, 0.717) is 12.2 Å². The van der Waals surface area contributed by atoms with Gasteiger partial charge in [0, 0.05) is 29.3 Å². The summed E-state index contributed by atoms with van der Waals surface area (Å²) in [6.45, 7) is 5.68. The van der Waals surface area contributed by atoms with Crippen molar-refractivity contribution < 1.29 is 14.7 Å². The average Bonchev–Trinajstić information content (AvgIpc) is 2.38. The molecule has 0 spiro atoms. The Labute approximate surface area is 122 Å². The lowest BCUT2D eigenvalue weighted by molar-refractivity contribution is 0.0697. The van der Waals surface area contributed by atoms with Crippen molar-refractivity contribution >= 4 is 29.4 Å². The molecule has 108 valence electrons. The van der Waals surface area contributed by atoms with Crippen molar-refractivity contribution in [1.29, 1.82) is 0 Å².